The summed E-state index contributed by atoms with van der Waals surface area (Å²) in [6.07, 6.45) is -3.17. The van der Waals surface area contributed by atoms with Gasteiger partial charge in [-0.25, -0.2) is 0 Å². The first kappa shape index (κ1) is 25.2. The summed E-state index contributed by atoms with van der Waals surface area (Å²) in [5.41, 5.74) is 0.743. The van der Waals surface area contributed by atoms with Crippen molar-refractivity contribution in [3.63, 3.8) is 0 Å². The summed E-state index contributed by atoms with van der Waals surface area (Å²) in [7, 11) is 1.91. The molecule has 0 bridgehead atoms. The number of carbonyl (C=O) groups is 1. The zero-order valence-electron chi connectivity index (χ0n) is 19.9. The van der Waals surface area contributed by atoms with Gasteiger partial charge in [0.05, 0.1) is 11.7 Å². The van der Waals surface area contributed by atoms with E-state index >= 15 is 0 Å². The lowest BCUT2D eigenvalue weighted by molar-refractivity contribution is -0.137. The molecular formula is C24H33F3N4O2. The molecule has 1 aliphatic heterocycles. The largest absolute Gasteiger partial charge is 0.416 e. The van der Waals surface area contributed by atoms with Gasteiger partial charge in [0.25, 0.3) is 5.91 Å². The number of benzene rings is 1. The second-order valence-corrected chi connectivity index (χ2v) is 9.77. The van der Waals surface area contributed by atoms with E-state index in [-0.39, 0.29) is 17.5 Å². The first-order chi connectivity index (χ1) is 15.3. The van der Waals surface area contributed by atoms with Gasteiger partial charge in [0.2, 0.25) is 0 Å². The van der Waals surface area contributed by atoms with Crippen LogP contribution in [0.2, 0.25) is 0 Å². The number of rotatable bonds is 6. The Bertz CT molecular complexity index is 1070. The number of unbranched alkanes of at least 4 members (excludes halogenated alkanes) is 1. The predicted molar refractivity (Wildman–Crippen MR) is 120 cm³/mol. The third-order valence-corrected chi connectivity index (χ3v) is 5.95. The normalized spacial score (nSPS) is 16.3. The number of nitrogens with zero attached hydrogens (tertiary/aromatic N) is 4. The second-order valence-electron chi connectivity index (χ2n) is 9.77. The minimum Gasteiger partial charge on any atom is -0.390 e. The molecule has 0 atom stereocenters. The van der Waals surface area contributed by atoms with Gasteiger partial charge in [0, 0.05) is 56.0 Å². The minimum absolute atomic E-state index is 0.0607. The van der Waals surface area contributed by atoms with Crippen LogP contribution in [0.1, 0.15) is 67.7 Å². The number of aliphatic hydroxyl groups is 1. The molecule has 1 saturated heterocycles. The fourth-order valence-corrected chi connectivity index (χ4v) is 4.10. The fraction of sp³-hybridized carbons (Fsp3) is 0.583. The van der Waals surface area contributed by atoms with Crippen LogP contribution < -0.4 is 5.49 Å². The Balaban J connectivity index is 2.08. The monoisotopic (exact) mass is 466 g/mol. The Labute approximate surface area is 192 Å². The highest BCUT2D eigenvalue weighted by Crippen LogP contribution is 2.31. The van der Waals surface area contributed by atoms with Crippen LogP contribution >= 0.6 is 0 Å². The molecule has 1 amide bonds. The van der Waals surface area contributed by atoms with E-state index in [1.165, 1.54) is 6.07 Å². The molecule has 0 saturated carbocycles. The van der Waals surface area contributed by atoms with Crippen molar-refractivity contribution in [1.82, 2.24) is 14.3 Å². The third kappa shape index (κ3) is 5.76. The van der Waals surface area contributed by atoms with Crippen LogP contribution in [0.4, 0.5) is 13.2 Å². The molecule has 1 aliphatic rings. The van der Waals surface area contributed by atoms with E-state index < -0.39 is 23.8 Å². The molecule has 182 valence electrons. The zero-order valence-corrected chi connectivity index (χ0v) is 19.9. The number of carbonyl (C=O) groups excluding carboxylic acids is 1. The van der Waals surface area contributed by atoms with Crippen LogP contribution in [0, 0.1) is 0 Å². The first-order valence-electron chi connectivity index (χ1n) is 11.3. The van der Waals surface area contributed by atoms with E-state index in [0.29, 0.717) is 30.7 Å². The lowest BCUT2D eigenvalue weighted by Gasteiger charge is -2.36. The van der Waals surface area contributed by atoms with Gasteiger partial charge in [-0.3, -0.25) is 19.1 Å². The SMILES string of the molecule is CCCCn1c(=NC(=O)c2cc(C(F)(F)F)ccc2CN2CC(O)C2)cc(C(C)(C)C)n1C. The Morgan fingerprint density at radius 3 is 2.39 bits per heavy atom. The van der Waals surface area contributed by atoms with E-state index in [0.717, 1.165) is 30.7 Å². The molecule has 9 heteroatoms. The number of aromatic nitrogens is 2. The molecule has 1 aromatic heterocycles. The van der Waals surface area contributed by atoms with Gasteiger partial charge in [-0.15, -0.1) is 0 Å². The number of hydrogen-bond donors (Lipinski definition) is 1. The highest BCUT2D eigenvalue weighted by Gasteiger charge is 2.33. The second kappa shape index (κ2) is 9.46. The molecule has 2 aromatic rings. The summed E-state index contributed by atoms with van der Waals surface area (Å²) >= 11 is 0. The van der Waals surface area contributed by atoms with Crippen molar-refractivity contribution in [2.24, 2.45) is 12.0 Å². The number of alkyl halides is 3. The number of halogens is 3. The maximum absolute atomic E-state index is 13.4. The molecule has 0 aliphatic carbocycles. The minimum atomic E-state index is -4.56. The van der Waals surface area contributed by atoms with Gasteiger partial charge >= 0.3 is 6.18 Å². The maximum Gasteiger partial charge on any atom is 0.416 e. The number of aliphatic hydroxyl groups excluding tert-OH is 1. The average molecular weight is 467 g/mol. The van der Waals surface area contributed by atoms with Crippen molar-refractivity contribution >= 4 is 5.91 Å². The smallest absolute Gasteiger partial charge is 0.390 e. The summed E-state index contributed by atoms with van der Waals surface area (Å²) < 4.78 is 44.0. The Morgan fingerprint density at radius 1 is 1.18 bits per heavy atom. The summed E-state index contributed by atoms with van der Waals surface area (Å²) in [6.45, 7) is 10.0. The Morgan fingerprint density at radius 2 is 1.85 bits per heavy atom. The highest BCUT2D eigenvalue weighted by atomic mass is 19.4. The first-order valence-corrected chi connectivity index (χ1v) is 11.3. The zero-order chi connectivity index (χ0) is 24.6. The molecule has 1 N–H and O–H groups in total. The van der Waals surface area contributed by atoms with Gasteiger partial charge in [0.1, 0.15) is 0 Å². The Kier molecular flexibility index (Phi) is 7.24. The number of β-amino-alcohol motifs (C(OH)–C–C–N with tert-alkyl or cyclic N) is 1. The summed E-state index contributed by atoms with van der Waals surface area (Å²) in [6, 6.07) is 5.06. The van der Waals surface area contributed by atoms with E-state index in [1.807, 2.05) is 27.4 Å². The van der Waals surface area contributed by atoms with E-state index in [4.69, 9.17) is 0 Å². The van der Waals surface area contributed by atoms with Crippen molar-refractivity contribution in [2.45, 2.75) is 71.3 Å². The maximum atomic E-state index is 13.4. The van der Waals surface area contributed by atoms with Crippen LogP contribution in [0.25, 0.3) is 0 Å². The summed E-state index contributed by atoms with van der Waals surface area (Å²) in [5, 5.41) is 9.53. The molecular weight excluding hydrogens is 433 g/mol. The van der Waals surface area contributed by atoms with Crippen LogP contribution in [0.5, 0.6) is 0 Å². The van der Waals surface area contributed by atoms with Crippen LogP contribution in [-0.2, 0) is 31.7 Å². The lowest BCUT2D eigenvalue weighted by atomic mass is 9.92. The van der Waals surface area contributed by atoms with Gasteiger partial charge in [-0.05, 0) is 24.1 Å². The van der Waals surface area contributed by atoms with Crippen LogP contribution in [0.3, 0.4) is 0 Å². The number of hydrogen-bond acceptors (Lipinski definition) is 3. The van der Waals surface area contributed by atoms with Crippen LogP contribution in [-0.4, -0.2) is 44.5 Å². The van der Waals surface area contributed by atoms with E-state index in [9.17, 15) is 23.1 Å². The van der Waals surface area contributed by atoms with Gasteiger partial charge in [-0.1, -0.05) is 40.2 Å². The summed E-state index contributed by atoms with van der Waals surface area (Å²) in [4.78, 5) is 19.4. The highest BCUT2D eigenvalue weighted by molar-refractivity contribution is 5.96. The Hall–Kier alpha value is -2.39. The summed E-state index contributed by atoms with van der Waals surface area (Å²) in [5.74, 6) is -0.700. The molecule has 2 heterocycles. The molecule has 1 fully saturated rings. The van der Waals surface area contributed by atoms with Gasteiger partial charge in [0.15, 0.2) is 5.49 Å². The van der Waals surface area contributed by atoms with E-state index in [1.54, 1.807) is 0 Å². The lowest BCUT2D eigenvalue weighted by Crippen LogP contribution is -2.50. The molecule has 0 spiro atoms. The van der Waals surface area contributed by atoms with Crippen molar-refractivity contribution in [3.8, 4) is 0 Å². The predicted octanol–water partition coefficient (Wildman–Crippen LogP) is 3.86. The third-order valence-electron chi connectivity index (χ3n) is 5.95. The van der Waals surface area contributed by atoms with Crippen molar-refractivity contribution in [1.29, 1.82) is 0 Å². The number of likely N-dealkylation sites (tertiary alicyclic amines) is 1. The molecule has 6 nitrogen and oxygen atoms in total. The topological polar surface area (TPSA) is 62.8 Å². The standard InChI is InChI=1S/C24H33F3N4O2/c1-6-7-10-31-21(12-20(29(31)5)23(2,3)4)28-22(33)19-11-17(24(25,26)27)9-8-16(19)13-30-14-18(32)15-30/h8-9,11-12,18,32H,6-7,10,13-15H2,1-5H3. The van der Waals surface area contributed by atoms with Crippen molar-refractivity contribution in [3.05, 3.63) is 52.1 Å². The van der Waals surface area contributed by atoms with Crippen molar-refractivity contribution in [2.75, 3.05) is 13.1 Å². The van der Waals surface area contributed by atoms with Gasteiger partial charge in [-0.2, -0.15) is 18.2 Å². The molecule has 0 radical (unpaired) electrons. The molecule has 33 heavy (non-hydrogen) atoms. The van der Waals surface area contributed by atoms with E-state index in [2.05, 4.69) is 32.7 Å². The molecule has 1 aromatic carbocycles. The quantitative estimate of drug-likeness (QED) is 0.703. The molecule has 0 unspecified atom stereocenters. The number of amides is 1. The molecule has 3 rings (SSSR count). The fourth-order valence-electron chi connectivity index (χ4n) is 4.10. The van der Waals surface area contributed by atoms with Gasteiger partial charge < -0.3 is 5.11 Å². The van der Waals surface area contributed by atoms with Crippen LogP contribution in [0.15, 0.2) is 29.3 Å². The average Bonchev–Trinajstić information content (AvgIpc) is 3.00. The van der Waals surface area contributed by atoms with Crippen molar-refractivity contribution < 1.29 is 23.1 Å².